The van der Waals surface area contributed by atoms with Gasteiger partial charge in [0.15, 0.2) is 11.2 Å². The Balaban J connectivity index is 1.80. The molecule has 0 radical (unpaired) electrons. The monoisotopic (exact) mass is 345 g/mol. The number of hydrogen-bond acceptors (Lipinski definition) is 7. The number of phosphoric ester groups is 1. The van der Waals surface area contributed by atoms with Crippen molar-refractivity contribution in [2.24, 2.45) is 0 Å². The summed E-state index contributed by atoms with van der Waals surface area (Å²) in [7, 11) is -2.89. The molecule has 23 heavy (non-hydrogen) atoms. The van der Waals surface area contributed by atoms with E-state index in [1.807, 2.05) is 0 Å². The van der Waals surface area contributed by atoms with Crippen molar-refractivity contribution in [1.82, 2.24) is 19.5 Å². The summed E-state index contributed by atoms with van der Waals surface area (Å²) >= 11 is 0. The first-order valence-corrected chi connectivity index (χ1v) is 8.40. The van der Waals surface area contributed by atoms with Crippen LogP contribution in [0, 0.1) is 0 Å². The Morgan fingerprint density at radius 2 is 2.35 bits per heavy atom. The maximum absolute atomic E-state index is 11.9. The van der Waals surface area contributed by atoms with Gasteiger partial charge < -0.3 is 19.8 Å². The zero-order valence-corrected chi connectivity index (χ0v) is 13.1. The summed E-state index contributed by atoms with van der Waals surface area (Å²) < 4.78 is 22.5. The van der Waals surface area contributed by atoms with Crippen LogP contribution >= 0.6 is 7.82 Å². The summed E-state index contributed by atoms with van der Waals surface area (Å²) in [5.74, 6) is 0.309. The first-order chi connectivity index (χ1) is 10.9. The van der Waals surface area contributed by atoms with E-state index in [0.717, 1.165) is 0 Å². The van der Waals surface area contributed by atoms with Crippen LogP contribution in [-0.2, 0) is 13.8 Å². The highest BCUT2D eigenvalue weighted by Crippen LogP contribution is 2.38. The Labute approximate surface area is 129 Å². The molecule has 0 aliphatic carbocycles. The minimum Gasteiger partial charge on any atom is -0.359 e. The van der Waals surface area contributed by atoms with E-state index < -0.39 is 20.2 Å². The lowest BCUT2D eigenvalue weighted by atomic mass is 10.2. The van der Waals surface area contributed by atoms with E-state index in [2.05, 4.69) is 24.8 Å². The fourth-order valence-electron chi connectivity index (χ4n) is 2.45. The van der Waals surface area contributed by atoms with Crippen molar-refractivity contribution >= 4 is 24.9 Å². The van der Waals surface area contributed by atoms with Gasteiger partial charge in [-0.2, -0.15) is 4.98 Å². The minimum atomic E-state index is -4.52. The molecule has 11 nitrogen and oxygen atoms in total. The van der Waals surface area contributed by atoms with E-state index in [4.69, 9.17) is 14.5 Å². The molecule has 0 spiro atoms. The van der Waals surface area contributed by atoms with Crippen molar-refractivity contribution in [3.05, 3.63) is 16.7 Å². The molecule has 2 atom stereocenters. The van der Waals surface area contributed by atoms with Crippen LogP contribution in [0.5, 0.6) is 0 Å². The zero-order valence-electron chi connectivity index (χ0n) is 12.2. The lowest BCUT2D eigenvalue weighted by molar-refractivity contribution is -0.0205. The Kier molecular flexibility index (Phi) is 4.21. The second-order valence-corrected chi connectivity index (χ2v) is 6.30. The molecule has 2 aromatic rings. The number of hydrogen-bond donors (Lipinski definition) is 4. The molecule has 3 heterocycles. The number of nitrogens with one attached hydrogen (secondary N) is 2. The molecule has 0 amide bonds. The summed E-state index contributed by atoms with van der Waals surface area (Å²) in [5, 5.41) is 2.76. The van der Waals surface area contributed by atoms with Crippen LogP contribution in [-0.4, -0.2) is 49.1 Å². The van der Waals surface area contributed by atoms with Gasteiger partial charge in [0.05, 0.1) is 19.0 Å². The third-order valence-corrected chi connectivity index (χ3v) is 3.98. The van der Waals surface area contributed by atoms with Crippen molar-refractivity contribution in [2.75, 3.05) is 19.0 Å². The summed E-state index contributed by atoms with van der Waals surface area (Å²) in [4.78, 5) is 40.2. The van der Waals surface area contributed by atoms with Crippen molar-refractivity contribution in [3.8, 4) is 0 Å². The van der Waals surface area contributed by atoms with Crippen LogP contribution in [0.4, 0.5) is 5.95 Å². The smallest absolute Gasteiger partial charge is 0.359 e. The third kappa shape index (κ3) is 3.43. The maximum Gasteiger partial charge on any atom is 0.469 e. The van der Waals surface area contributed by atoms with Gasteiger partial charge in [0.1, 0.15) is 6.23 Å². The number of ether oxygens (including phenoxy) is 1. The molecule has 0 bridgehead atoms. The zero-order chi connectivity index (χ0) is 16.6. The summed E-state index contributed by atoms with van der Waals surface area (Å²) in [5.41, 5.74) is 0.208. The first-order valence-electron chi connectivity index (χ1n) is 6.87. The predicted octanol–water partition coefficient (Wildman–Crippen LogP) is -0.0518. The highest BCUT2D eigenvalue weighted by atomic mass is 31.2. The third-order valence-electron chi connectivity index (χ3n) is 3.49. The molecule has 12 heteroatoms. The van der Waals surface area contributed by atoms with Crippen LogP contribution in [0.2, 0.25) is 0 Å². The molecule has 1 saturated heterocycles. The number of rotatable bonds is 5. The first kappa shape index (κ1) is 16.1. The number of nitrogens with zero attached hydrogens (tertiary/aromatic N) is 3. The fourth-order valence-corrected chi connectivity index (χ4v) is 2.81. The van der Waals surface area contributed by atoms with Gasteiger partial charge in [-0.1, -0.05) is 0 Å². The molecule has 0 aromatic carbocycles. The maximum atomic E-state index is 11.9. The number of H-pyrrole nitrogens is 1. The van der Waals surface area contributed by atoms with Gasteiger partial charge in [0, 0.05) is 7.05 Å². The number of fused-ring (bicyclic) bond motifs is 1. The van der Waals surface area contributed by atoms with E-state index in [1.54, 1.807) is 11.6 Å². The SMILES string of the molecule is CNc1nc2c(ncn2[C@H]2CC[C@@H](COP(=O)(O)O)O2)c(=O)[nH]1. The second kappa shape index (κ2) is 6.02. The molecule has 1 fully saturated rings. The topological polar surface area (TPSA) is 152 Å². The van der Waals surface area contributed by atoms with Crippen molar-refractivity contribution in [2.45, 2.75) is 25.2 Å². The van der Waals surface area contributed by atoms with E-state index >= 15 is 0 Å². The molecular formula is C11H16N5O6P. The van der Waals surface area contributed by atoms with Crippen molar-refractivity contribution in [3.63, 3.8) is 0 Å². The predicted molar refractivity (Wildman–Crippen MR) is 78.8 cm³/mol. The lowest BCUT2D eigenvalue weighted by Gasteiger charge is -2.15. The van der Waals surface area contributed by atoms with E-state index in [1.165, 1.54) is 6.33 Å². The van der Waals surface area contributed by atoms with Gasteiger partial charge in [0.25, 0.3) is 5.56 Å². The quantitative estimate of drug-likeness (QED) is 0.546. The molecule has 0 unspecified atom stereocenters. The molecule has 1 aliphatic rings. The average Bonchev–Trinajstić information content (AvgIpc) is 3.10. The van der Waals surface area contributed by atoms with Crippen LogP contribution in [0.25, 0.3) is 11.2 Å². The molecule has 0 saturated carbocycles. The van der Waals surface area contributed by atoms with Crippen LogP contribution < -0.4 is 10.9 Å². The summed E-state index contributed by atoms with van der Waals surface area (Å²) in [6.45, 7) is -0.205. The minimum absolute atomic E-state index is 0.197. The molecular weight excluding hydrogens is 329 g/mol. The van der Waals surface area contributed by atoms with Crippen LogP contribution in [0.3, 0.4) is 0 Å². The normalized spacial score (nSPS) is 21.9. The summed E-state index contributed by atoms with van der Waals surface area (Å²) in [6.07, 6.45) is 1.74. The van der Waals surface area contributed by atoms with Crippen LogP contribution in [0.15, 0.2) is 11.1 Å². The van der Waals surface area contributed by atoms with Crippen LogP contribution in [0.1, 0.15) is 19.1 Å². The Hall–Kier alpha value is -1.78. The lowest BCUT2D eigenvalue weighted by Crippen LogP contribution is -2.17. The molecule has 3 rings (SSSR count). The van der Waals surface area contributed by atoms with Gasteiger partial charge in [-0.05, 0) is 12.8 Å². The van der Waals surface area contributed by atoms with Gasteiger partial charge in [-0.3, -0.25) is 18.9 Å². The Morgan fingerprint density at radius 1 is 1.57 bits per heavy atom. The number of phosphoric acid groups is 1. The van der Waals surface area contributed by atoms with E-state index in [0.29, 0.717) is 24.4 Å². The van der Waals surface area contributed by atoms with Crippen molar-refractivity contribution < 1.29 is 23.6 Å². The number of aromatic amines is 1. The molecule has 2 aromatic heterocycles. The molecule has 1 aliphatic heterocycles. The largest absolute Gasteiger partial charge is 0.469 e. The fraction of sp³-hybridized carbons (Fsp3) is 0.545. The molecule has 126 valence electrons. The molecule has 4 N–H and O–H groups in total. The van der Waals surface area contributed by atoms with E-state index in [-0.39, 0.29) is 17.7 Å². The number of anilines is 1. The number of imidazole rings is 1. The average molecular weight is 345 g/mol. The highest BCUT2D eigenvalue weighted by molar-refractivity contribution is 7.46. The van der Waals surface area contributed by atoms with Gasteiger partial charge in [-0.15, -0.1) is 0 Å². The Morgan fingerprint density at radius 3 is 3.04 bits per heavy atom. The van der Waals surface area contributed by atoms with Gasteiger partial charge in [0.2, 0.25) is 5.95 Å². The second-order valence-electron chi connectivity index (χ2n) is 5.07. The Bertz CT molecular complexity index is 813. The van der Waals surface area contributed by atoms with Crippen molar-refractivity contribution in [1.29, 1.82) is 0 Å². The highest BCUT2D eigenvalue weighted by Gasteiger charge is 2.30. The van der Waals surface area contributed by atoms with E-state index in [9.17, 15) is 9.36 Å². The number of aromatic nitrogens is 4. The summed E-state index contributed by atoms with van der Waals surface area (Å²) in [6, 6.07) is 0. The standard InChI is InChI=1S/C11H16N5O6P/c1-12-11-14-9-8(10(17)15-11)13-5-16(9)7-3-2-6(22-7)4-21-23(18,19)20/h5-7H,2-4H2,1H3,(H2,18,19,20)(H2,12,14,15,17)/t6-,7+/m0/s1. The van der Waals surface area contributed by atoms with Gasteiger partial charge in [-0.25, -0.2) is 9.55 Å². The van der Waals surface area contributed by atoms with Gasteiger partial charge >= 0.3 is 7.82 Å².